The van der Waals surface area contributed by atoms with Crippen LogP contribution in [0.5, 0.6) is 0 Å². The molecule has 1 aromatic heterocycles. The third-order valence-electron chi connectivity index (χ3n) is 5.16. The average Bonchev–Trinajstić information content (AvgIpc) is 3.19. The fourth-order valence-corrected chi connectivity index (χ4v) is 4.61. The molecule has 1 aliphatic heterocycles. The van der Waals surface area contributed by atoms with Gasteiger partial charge in [0, 0.05) is 32.1 Å². The summed E-state index contributed by atoms with van der Waals surface area (Å²) in [5.41, 5.74) is 2.34. The molecule has 3 rings (SSSR count). The normalized spacial score (nSPS) is 15.8. The molecule has 0 bridgehead atoms. The highest BCUT2D eigenvalue weighted by Gasteiger charge is 2.33. The first-order valence-electron chi connectivity index (χ1n) is 9.89. The fraction of sp³-hybridized carbons (Fsp3) is 0.455. The topological polar surface area (TPSA) is 43.9 Å². The first kappa shape index (κ1) is 20.4. The van der Waals surface area contributed by atoms with E-state index in [1.54, 1.807) is 35.2 Å². The number of thiophene rings is 1. The number of carbonyl (C=O) groups is 2. The zero-order valence-corrected chi connectivity index (χ0v) is 17.7. The molecule has 0 N–H and O–H groups in total. The standard InChI is InChI=1S/C22H29N3O2S/c1-4-5-13-24(22(27)23(2)3)16-20(26)25-14-11-19-18(12-15-28-19)21(25)17-9-7-6-8-10-17/h6-10,12,15,21H,4-5,11,13-14,16H2,1-3H3/t21-/m1/s1. The molecule has 3 amide bonds. The van der Waals surface area contributed by atoms with Crippen LogP contribution in [0.1, 0.15) is 41.8 Å². The van der Waals surface area contributed by atoms with Crippen LogP contribution in [-0.2, 0) is 11.2 Å². The van der Waals surface area contributed by atoms with Crippen LogP contribution in [0.3, 0.4) is 0 Å². The number of rotatable bonds is 6. The highest BCUT2D eigenvalue weighted by molar-refractivity contribution is 7.10. The van der Waals surface area contributed by atoms with Crippen LogP contribution in [0.4, 0.5) is 4.79 Å². The van der Waals surface area contributed by atoms with E-state index in [1.165, 1.54) is 10.4 Å². The van der Waals surface area contributed by atoms with Gasteiger partial charge in [-0.1, -0.05) is 43.7 Å². The zero-order valence-electron chi connectivity index (χ0n) is 16.9. The average molecular weight is 400 g/mol. The van der Waals surface area contributed by atoms with Crippen molar-refractivity contribution in [2.75, 3.05) is 33.7 Å². The molecule has 1 aromatic carbocycles. The highest BCUT2D eigenvalue weighted by atomic mass is 32.1. The van der Waals surface area contributed by atoms with E-state index in [4.69, 9.17) is 0 Å². The van der Waals surface area contributed by atoms with Crippen LogP contribution in [0.2, 0.25) is 0 Å². The summed E-state index contributed by atoms with van der Waals surface area (Å²) >= 11 is 1.76. The van der Waals surface area contributed by atoms with Gasteiger partial charge in [0.2, 0.25) is 5.91 Å². The maximum Gasteiger partial charge on any atom is 0.319 e. The molecule has 2 heterocycles. The summed E-state index contributed by atoms with van der Waals surface area (Å²) < 4.78 is 0. The van der Waals surface area contributed by atoms with Crippen molar-refractivity contribution in [1.29, 1.82) is 0 Å². The molecule has 0 radical (unpaired) electrons. The number of nitrogens with zero attached hydrogens (tertiary/aromatic N) is 3. The largest absolute Gasteiger partial charge is 0.331 e. The summed E-state index contributed by atoms with van der Waals surface area (Å²) in [5, 5.41) is 2.11. The molecule has 1 atom stereocenters. The number of urea groups is 1. The van der Waals surface area contributed by atoms with Crippen molar-refractivity contribution in [2.24, 2.45) is 0 Å². The summed E-state index contributed by atoms with van der Waals surface area (Å²) in [6.45, 7) is 3.50. The van der Waals surface area contributed by atoms with Crippen molar-refractivity contribution in [2.45, 2.75) is 32.2 Å². The fourth-order valence-electron chi connectivity index (χ4n) is 3.71. The van der Waals surface area contributed by atoms with E-state index in [1.807, 2.05) is 23.1 Å². The van der Waals surface area contributed by atoms with Crippen molar-refractivity contribution in [3.05, 3.63) is 57.8 Å². The van der Waals surface area contributed by atoms with Gasteiger partial charge >= 0.3 is 6.03 Å². The van der Waals surface area contributed by atoms with Crippen molar-refractivity contribution in [3.8, 4) is 0 Å². The van der Waals surface area contributed by atoms with Gasteiger partial charge in [-0.3, -0.25) is 4.79 Å². The Hall–Kier alpha value is -2.34. The maximum absolute atomic E-state index is 13.3. The summed E-state index contributed by atoms with van der Waals surface area (Å²) in [7, 11) is 3.47. The molecule has 0 spiro atoms. The van der Waals surface area contributed by atoms with Gasteiger partial charge in [-0.2, -0.15) is 0 Å². The minimum absolute atomic E-state index is 0.0111. The molecule has 0 saturated carbocycles. The number of fused-ring (bicyclic) bond motifs is 1. The van der Waals surface area contributed by atoms with E-state index in [0.717, 1.165) is 24.8 Å². The Balaban J connectivity index is 1.85. The second kappa shape index (κ2) is 9.24. The van der Waals surface area contributed by atoms with Crippen LogP contribution < -0.4 is 0 Å². The van der Waals surface area contributed by atoms with E-state index in [0.29, 0.717) is 13.1 Å². The zero-order chi connectivity index (χ0) is 20.1. The Morgan fingerprint density at radius 3 is 2.61 bits per heavy atom. The van der Waals surface area contributed by atoms with E-state index < -0.39 is 0 Å². The smallest absolute Gasteiger partial charge is 0.319 e. The van der Waals surface area contributed by atoms with Crippen molar-refractivity contribution in [1.82, 2.24) is 14.7 Å². The Bertz CT molecular complexity index is 803. The van der Waals surface area contributed by atoms with Crippen LogP contribution in [-0.4, -0.2) is 60.4 Å². The first-order valence-corrected chi connectivity index (χ1v) is 10.8. The monoisotopic (exact) mass is 399 g/mol. The molecule has 28 heavy (non-hydrogen) atoms. The molecule has 6 heteroatoms. The predicted molar refractivity (Wildman–Crippen MR) is 114 cm³/mol. The molecular weight excluding hydrogens is 370 g/mol. The lowest BCUT2D eigenvalue weighted by Gasteiger charge is -2.38. The number of benzene rings is 1. The number of amides is 3. The molecule has 150 valence electrons. The molecule has 0 fully saturated rings. The Morgan fingerprint density at radius 2 is 1.93 bits per heavy atom. The quantitative estimate of drug-likeness (QED) is 0.737. The lowest BCUT2D eigenvalue weighted by atomic mass is 9.93. The molecule has 2 aromatic rings. The van der Waals surface area contributed by atoms with Gasteiger partial charge in [0.25, 0.3) is 0 Å². The molecule has 0 unspecified atom stereocenters. The number of unbranched alkanes of at least 4 members (excludes halogenated alkanes) is 1. The first-order chi connectivity index (χ1) is 13.5. The Kier molecular flexibility index (Phi) is 6.73. The van der Waals surface area contributed by atoms with E-state index in [-0.39, 0.29) is 24.5 Å². The molecular formula is C22H29N3O2S. The molecule has 0 saturated heterocycles. The molecule has 5 nitrogen and oxygen atoms in total. The van der Waals surface area contributed by atoms with Gasteiger partial charge in [0.15, 0.2) is 0 Å². The van der Waals surface area contributed by atoms with Crippen LogP contribution in [0.15, 0.2) is 41.8 Å². The van der Waals surface area contributed by atoms with Crippen LogP contribution >= 0.6 is 11.3 Å². The van der Waals surface area contributed by atoms with Crippen molar-refractivity contribution in [3.63, 3.8) is 0 Å². The van der Waals surface area contributed by atoms with Gasteiger partial charge in [0.1, 0.15) is 6.54 Å². The highest BCUT2D eigenvalue weighted by Crippen LogP contribution is 2.37. The van der Waals surface area contributed by atoms with E-state index in [2.05, 4.69) is 30.5 Å². The molecule has 0 aliphatic carbocycles. The minimum Gasteiger partial charge on any atom is -0.331 e. The maximum atomic E-state index is 13.3. The van der Waals surface area contributed by atoms with E-state index in [9.17, 15) is 9.59 Å². The third kappa shape index (κ3) is 4.38. The third-order valence-corrected chi connectivity index (χ3v) is 6.16. The minimum atomic E-state index is -0.105. The lowest BCUT2D eigenvalue weighted by molar-refractivity contribution is -0.134. The van der Waals surface area contributed by atoms with Gasteiger partial charge in [-0.25, -0.2) is 4.79 Å². The summed E-state index contributed by atoms with van der Waals surface area (Å²) in [5.74, 6) is 0.0111. The summed E-state index contributed by atoms with van der Waals surface area (Å²) in [6.07, 6.45) is 2.75. The van der Waals surface area contributed by atoms with Crippen molar-refractivity contribution >= 4 is 23.3 Å². The van der Waals surface area contributed by atoms with Gasteiger partial charge < -0.3 is 14.7 Å². The van der Waals surface area contributed by atoms with Gasteiger partial charge in [0.05, 0.1) is 6.04 Å². The van der Waals surface area contributed by atoms with Crippen LogP contribution in [0.25, 0.3) is 0 Å². The van der Waals surface area contributed by atoms with E-state index >= 15 is 0 Å². The number of hydrogen-bond acceptors (Lipinski definition) is 3. The molecule has 1 aliphatic rings. The van der Waals surface area contributed by atoms with Gasteiger partial charge in [-0.15, -0.1) is 11.3 Å². The predicted octanol–water partition coefficient (Wildman–Crippen LogP) is 4.01. The van der Waals surface area contributed by atoms with Gasteiger partial charge in [-0.05, 0) is 35.4 Å². The van der Waals surface area contributed by atoms with Crippen molar-refractivity contribution < 1.29 is 9.59 Å². The second-order valence-electron chi connectivity index (χ2n) is 7.40. The second-order valence-corrected chi connectivity index (χ2v) is 8.40. The summed E-state index contributed by atoms with van der Waals surface area (Å²) in [6, 6.07) is 12.1. The number of carbonyl (C=O) groups excluding carboxylic acids is 2. The SMILES string of the molecule is CCCCN(CC(=O)N1CCc2sccc2[C@H]1c1ccccc1)C(=O)N(C)C. The number of hydrogen-bond donors (Lipinski definition) is 0. The lowest BCUT2D eigenvalue weighted by Crippen LogP contribution is -2.49. The Morgan fingerprint density at radius 1 is 1.18 bits per heavy atom. The van der Waals surface area contributed by atoms with Crippen LogP contribution in [0, 0.1) is 0 Å². The Labute approximate surface area is 171 Å². The summed E-state index contributed by atoms with van der Waals surface area (Å²) in [4.78, 5) is 32.4.